The Morgan fingerprint density at radius 1 is 1.12 bits per heavy atom. The molecule has 0 radical (unpaired) electrons. The lowest BCUT2D eigenvalue weighted by atomic mass is 10.1. The minimum atomic E-state index is 0.530. The molecule has 0 amide bonds. The van der Waals surface area contributed by atoms with E-state index in [0.29, 0.717) is 6.04 Å². The Bertz CT molecular complexity index is 494. The van der Waals surface area contributed by atoms with Crippen LogP contribution in [0.4, 0.5) is 0 Å². The van der Waals surface area contributed by atoms with Gasteiger partial charge >= 0.3 is 0 Å². The van der Waals surface area contributed by atoms with E-state index in [9.17, 15) is 0 Å². The van der Waals surface area contributed by atoms with Crippen molar-refractivity contribution in [3.8, 4) is 0 Å². The van der Waals surface area contributed by atoms with Crippen molar-refractivity contribution in [1.82, 2.24) is 20.4 Å². The molecule has 1 unspecified atom stereocenters. The predicted octanol–water partition coefficient (Wildman–Crippen LogP) is 1.81. The summed E-state index contributed by atoms with van der Waals surface area (Å²) in [6.07, 6.45) is 2.21. The minimum absolute atomic E-state index is 0.530. The number of hydrogen-bond acceptors (Lipinski definition) is 3. The molecule has 1 saturated heterocycles. The number of nitrogens with one attached hydrogen (secondary N) is 2. The first-order valence-corrected chi connectivity index (χ1v) is 9.67. The van der Waals surface area contributed by atoms with Crippen LogP contribution in [0.2, 0.25) is 0 Å². The number of guanidine groups is 1. The molecule has 1 fully saturated rings. The maximum Gasteiger partial charge on any atom is 0.191 e. The molecule has 1 aromatic carbocycles. The smallest absolute Gasteiger partial charge is 0.191 e. The summed E-state index contributed by atoms with van der Waals surface area (Å²) in [4.78, 5) is 9.43. The molecular formula is C20H35N5. The molecule has 2 rings (SSSR count). The van der Waals surface area contributed by atoms with Gasteiger partial charge in [0.15, 0.2) is 5.96 Å². The van der Waals surface area contributed by atoms with Gasteiger partial charge in [0.25, 0.3) is 0 Å². The molecule has 1 aromatic rings. The van der Waals surface area contributed by atoms with Crippen LogP contribution in [-0.4, -0.2) is 74.7 Å². The van der Waals surface area contributed by atoms with Crippen molar-refractivity contribution in [2.24, 2.45) is 4.99 Å². The molecule has 0 spiro atoms. The van der Waals surface area contributed by atoms with E-state index >= 15 is 0 Å². The summed E-state index contributed by atoms with van der Waals surface area (Å²) in [6.45, 7) is 12.3. The minimum Gasteiger partial charge on any atom is -0.356 e. The topological polar surface area (TPSA) is 42.9 Å². The van der Waals surface area contributed by atoms with Crippen LogP contribution >= 0.6 is 0 Å². The van der Waals surface area contributed by atoms with Gasteiger partial charge in [-0.15, -0.1) is 0 Å². The molecule has 0 aromatic heterocycles. The molecule has 0 bridgehead atoms. The van der Waals surface area contributed by atoms with Gasteiger partial charge in [-0.25, -0.2) is 0 Å². The Kier molecular flexibility index (Phi) is 8.77. The van der Waals surface area contributed by atoms with E-state index in [1.54, 1.807) is 0 Å². The first-order valence-electron chi connectivity index (χ1n) is 9.67. The summed E-state index contributed by atoms with van der Waals surface area (Å²) in [5, 5.41) is 6.90. The Hall–Kier alpha value is -1.59. The van der Waals surface area contributed by atoms with Crippen molar-refractivity contribution in [3.63, 3.8) is 0 Å². The molecule has 0 saturated carbocycles. The SMILES string of the molecule is CCN1CCN(C(C)CNC(=NC)NCCCc2ccccc2)CC1. The lowest BCUT2D eigenvalue weighted by Crippen LogP contribution is -2.53. The van der Waals surface area contributed by atoms with E-state index in [0.717, 1.165) is 31.9 Å². The van der Waals surface area contributed by atoms with Gasteiger partial charge < -0.3 is 15.5 Å². The quantitative estimate of drug-likeness (QED) is 0.428. The molecular weight excluding hydrogens is 310 g/mol. The molecule has 2 N–H and O–H groups in total. The number of aryl methyl sites for hydroxylation is 1. The third-order valence-electron chi connectivity index (χ3n) is 5.04. The fourth-order valence-corrected chi connectivity index (χ4v) is 3.26. The molecule has 25 heavy (non-hydrogen) atoms. The number of benzene rings is 1. The van der Waals surface area contributed by atoms with Gasteiger partial charge in [-0.05, 0) is 31.9 Å². The first-order chi connectivity index (χ1) is 12.2. The third-order valence-corrected chi connectivity index (χ3v) is 5.04. The summed E-state index contributed by atoms with van der Waals surface area (Å²) < 4.78 is 0. The van der Waals surface area contributed by atoms with Gasteiger partial charge in [0.1, 0.15) is 0 Å². The predicted molar refractivity (Wildman–Crippen MR) is 107 cm³/mol. The Morgan fingerprint density at radius 3 is 2.48 bits per heavy atom. The highest BCUT2D eigenvalue weighted by molar-refractivity contribution is 5.79. The highest BCUT2D eigenvalue weighted by Gasteiger charge is 2.20. The number of aliphatic imine (C=N–C) groups is 1. The van der Waals surface area contributed by atoms with E-state index in [-0.39, 0.29) is 0 Å². The Morgan fingerprint density at radius 2 is 1.84 bits per heavy atom. The number of likely N-dealkylation sites (N-methyl/N-ethyl adjacent to an activating group) is 1. The van der Waals surface area contributed by atoms with Gasteiger partial charge in [0.2, 0.25) is 0 Å². The molecule has 140 valence electrons. The summed E-state index contributed by atoms with van der Waals surface area (Å²) in [7, 11) is 1.84. The lowest BCUT2D eigenvalue weighted by Gasteiger charge is -2.37. The Balaban J connectivity index is 1.61. The van der Waals surface area contributed by atoms with Crippen LogP contribution in [0, 0.1) is 0 Å². The summed E-state index contributed by atoms with van der Waals surface area (Å²) in [5.74, 6) is 0.909. The van der Waals surface area contributed by atoms with Gasteiger partial charge in [0.05, 0.1) is 0 Å². The van der Waals surface area contributed by atoms with Crippen molar-refractivity contribution in [3.05, 3.63) is 35.9 Å². The summed E-state index contributed by atoms with van der Waals surface area (Å²) in [5.41, 5.74) is 1.40. The second-order valence-electron chi connectivity index (χ2n) is 6.79. The van der Waals surface area contributed by atoms with Crippen LogP contribution in [0.5, 0.6) is 0 Å². The molecule has 1 atom stereocenters. The maximum absolute atomic E-state index is 4.34. The van der Waals surface area contributed by atoms with E-state index in [1.807, 2.05) is 7.05 Å². The fourth-order valence-electron chi connectivity index (χ4n) is 3.26. The van der Waals surface area contributed by atoms with Crippen molar-refractivity contribution >= 4 is 5.96 Å². The molecule has 1 heterocycles. The van der Waals surface area contributed by atoms with E-state index in [4.69, 9.17) is 0 Å². The zero-order chi connectivity index (χ0) is 17.9. The Labute approximate surface area is 153 Å². The van der Waals surface area contributed by atoms with Crippen LogP contribution < -0.4 is 10.6 Å². The lowest BCUT2D eigenvalue weighted by molar-refractivity contribution is 0.107. The van der Waals surface area contributed by atoms with Crippen molar-refractivity contribution in [1.29, 1.82) is 0 Å². The average Bonchev–Trinajstić information content (AvgIpc) is 2.68. The van der Waals surface area contributed by atoms with Crippen LogP contribution in [0.3, 0.4) is 0 Å². The monoisotopic (exact) mass is 345 g/mol. The maximum atomic E-state index is 4.34. The zero-order valence-corrected chi connectivity index (χ0v) is 16.2. The van der Waals surface area contributed by atoms with Crippen LogP contribution in [0.25, 0.3) is 0 Å². The average molecular weight is 346 g/mol. The zero-order valence-electron chi connectivity index (χ0n) is 16.2. The van der Waals surface area contributed by atoms with Crippen molar-refractivity contribution in [2.45, 2.75) is 32.7 Å². The van der Waals surface area contributed by atoms with Gasteiger partial charge in [-0.3, -0.25) is 9.89 Å². The molecule has 5 nitrogen and oxygen atoms in total. The number of hydrogen-bond donors (Lipinski definition) is 2. The first kappa shape index (κ1) is 19.7. The number of rotatable bonds is 8. The summed E-state index contributed by atoms with van der Waals surface area (Å²) in [6, 6.07) is 11.2. The van der Waals surface area contributed by atoms with Crippen molar-refractivity contribution in [2.75, 3.05) is 52.9 Å². The van der Waals surface area contributed by atoms with Crippen LogP contribution in [0.1, 0.15) is 25.8 Å². The van der Waals surface area contributed by atoms with E-state index < -0.39 is 0 Å². The van der Waals surface area contributed by atoms with Gasteiger partial charge in [-0.2, -0.15) is 0 Å². The van der Waals surface area contributed by atoms with Crippen molar-refractivity contribution < 1.29 is 0 Å². The highest BCUT2D eigenvalue weighted by atomic mass is 15.3. The number of nitrogens with zero attached hydrogens (tertiary/aromatic N) is 3. The molecule has 1 aliphatic rings. The van der Waals surface area contributed by atoms with Crippen LogP contribution in [0.15, 0.2) is 35.3 Å². The molecule has 1 aliphatic heterocycles. The largest absolute Gasteiger partial charge is 0.356 e. The van der Waals surface area contributed by atoms with Crippen LogP contribution in [-0.2, 0) is 6.42 Å². The normalized spacial score (nSPS) is 18.1. The van der Waals surface area contributed by atoms with Gasteiger partial charge in [0, 0.05) is 52.4 Å². The second kappa shape index (κ2) is 11.1. The summed E-state index contributed by atoms with van der Waals surface area (Å²) >= 11 is 0. The second-order valence-corrected chi connectivity index (χ2v) is 6.79. The van der Waals surface area contributed by atoms with Gasteiger partial charge in [-0.1, -0.05) is 37.3 Å². The highest BCUT2D eigenvalue weighted by Crippen LogP contribution is 2.05. The standard InChI is InChI=1S/C20H35N5/c1-4-24-13-15-25(16-14-24)18(2)17-23-20(21-3)22-12-8-11-19-9-6-5-7-10-19/h5-7,9-10,18H,4,8,11-17H2,1-3H3,(H2,21,22,23). The van der Waals surface area contributed by atoms with E-state index in [1.165, 1.54) is 38.3 Å². The third kappa shape index (κ3) is 7.04. The fraction of sp³-hybridized carbons (Fsp3) is 0.650. The molecule has 0 aliphatic carbocycles. The number of piperazine rings is 1. The van der Waals surface area contributed by atoms with E-state index in [2.05, 4.69) is 69.6 Å². The molecule has 5 heteroatoms.